The Bertz CT molecular complexity index is 123. The number of likely N-dealkylation sites (N-methyl/N-ethyl adjacent to an activating group) is 1. The van der Waals surface area contributed by atoms with Crippen molar-refractivity contribution < 1.29 is 14.6 Å². The van der Waals surface area contributed by atoms with Gasteiger partial charge in [-0.1, -0.05) is 0 Å². The van der Waals surface area contributed by atoms with Crippen LogP contribution in [0.15, 0.2) is 0 Å². The molecule has 0 aliphatic heterocycles. The molecule has 5 nitrogen and oxygen atoms in total. The summed E-state index contributed by atoms with van der Waals surface area (Å²) in [5.41, 5.74) is 0. The fourth-order valence-corrected chi connectivity index (χ4v) is 0.959. The molecule has 0 heterocycles. The zero-order valence-electron chi connectivity index (χ0n) is 9.87. The molecule has 0 unspecified atom stereocenters. The fourth-order valence-electron chi connectivity index (χ4n) is 0.959. The molecule has 0 rings (SSSR count). The largest absolute Gasteiger partial charge is 0.394 e. The highest BCUT2D eigenvalue weighted by molar-refractivity contribution is 4.49. The van der Waals surface area contributed by atoms with Crippen molar-refractivity contribution in [1.29, 1.82) is 0 Å². The van der Waals surface area contributed by atoms with Gasteiger partial charge in [0.25, 0.3) is 0 Å². The maximum Gasteiger partial charge on any atom is 0.0701 e. The van der Waals surface area contributed by atoms with Gasteiger partial charge in [0.05, 0.1) is 33.0 Å². The van der Waals surface area contributed by atoms with Gasteiger partial charge in [-0.05, 0) is 14.1 Å². The molecule has 0 fully saturated rings. The van der Waals surface area contributed by atoms with E-state index in [2.05, 4.69) is 24.3 Å². The van der Waals surface area contributed by atoms with E-state index in [1.165, 1.54) is 0 Å². The third-order valence-electron chi connectivity index (χ3n) is 1.77. The van der Waals surface area contributed by atoms with Gasteiger partial charge in [0.1, 0.15) is 0 Å². The van der Waals surface area contributed by atoms with Crippen LogP contribution in [0.3, 0.4) is 0 Å². The van der Waals surface area contributed by atoms with E-state index in [9.17, 15) is 0 Å². The lowest BCUT2D eigenvalue weighted by Gasteiger charge is -2.10. The maximum atomic E-state index is 8.43. The number of hydrogen-bond donors (Lipinski definition) is 2. The van der Waals surface area contributed by atoms with Crippen molar-refractivity contribution in [2.45, 2.75) is 0 Å². The number of ether oxygens (including phenoxy) is 2. The highest BCUT2D eigenvalue weighted by Gasteiger charge is 1.91. The van der Waals surface area contributed by atoms with Crippen LogP contribution in [0.1, 0.15) is 0 Å². The Balaban J connectivity index is 2.87. The summed E-state index contributed by atoms with van der Waals surface area (Å²) in [6.45, 7) is 5.21. The minimum absolute atomic E-state index is 0.0755. The summed E-state index contributed by atoms with van der Waals surface area (Å²) in [5.74, 6) is 0. The number of aliphatic hydroxyl groups excluding tert-OH is 1. The van der Waals surface area contributed by atoms with Crippen molar-refractivity contribution in [3.63, 3.8) is 0 Å². The number of aliphatic hydroxyl groups is 1. The van der Waals surface area contributed by atoms with Crippen LogP contribution in [0.4, 0.5) is 0 Å². The lowest BCUT2D eigenvalue weighted by atomic mass is 10.5. The zero-order valence-corrected chi connectivity index (χ0v) is 9.87. The number of hydrogen-bond acceptors (Lipinski definition) is 5. The second-order valence-electron chi connectivity index (χ2n) is 3.50. The molecule has 0 aromatic heterocycles. The Hall–Kier alpha value is -0.200. The Labute approximate surface area is 92.4 Å². The number of rotatable bonds is 11. The minimum atomic E-state index is 0.0755. The van der Waals surface area contributed by atoms with Crippen LogP contribution >= 0.6 is 0 Å². The lowest BCUT2D eigenvalue weighted by Crippen LogP contribution is -2.29. The third kappa shape index (κ3) is 13.8. The molecule has 15 heavy (non-hydrogen) atoms. The summed E-state index contributed by atoms with van der Waals surface area (Å²) in [7, 11) is 4.10. The van der Waals surface area contributed by atoms with Crippen molar-refractivity contribution in [2.75, 3.05) is 66.8 Å². The first-order valence-electron chi connectivity index (χ1n) is 5.39. The third-order valence-corrected chi connectivity index (χ3v) is 1.77. The molecule has 2 N–H and O–H groups in total. The molecule has 0 atom stereocenters. The van der Waals surface area contributed by atoms with E-state index >= 15 is 0 Å². The molecule has 92 valence electrons. The Morgan fingerprint density at radius 1 is 1.00 bits per heavy atom. The van der Waals surface area contributed by atoms with Crippen molar-refractivity contribution in [3.05, 3.63) is 0 Å². The monoisotopic (exact) mass is 220 g/mol. The van der Waals surface area contributed by atoms with Gasteiger partial charge in [-0.3, -0.25) is 0 Å². The topological polar surface area (TPSA) is 54.0 Å². The summed E-state index contributed by atoms with van der Waals surface area (Å²) >= 11 is 0. The van der Waals surface area contributed by atoms with Crippen LogP contribution in [0.5, 0.6) is 0 Å². The van der Waals surface area contributed by atoms with E-state index in [0.29, 0.717) is 26.4 Å². The predicted octanol–water partition coefficient (Wildman–Crippen LogP) is -0.837. The van der Waals surface area contributed by atoms with Gasteiger partial charge in [0, 0.05) is 19.6 Å². The van der Waals surface area contributed by atoms with E-state index in [-0.39, 0.29) is 6.61 Å². The normalized spacial score (nSPS) is 11.2. The Kier molecular flexibility index (Phi) is 11.7. The second-order valence-corrected chi connectivity index (χ2v) is 3.50. The van der Waals surface area contributed by atoms with Gasteiger partial charge in [-0.25, -0.2) is 0 Å². The molecule has 0 saturated carbocycles. The molecule has 0 spiro atoms. The van der Waals surface area contributed by atoms with Gasteiger partial charge < -0.3 is 24.8 Å². The second kappa shape index (κ2) is 11.9. The molecular weight excluding hydrogens is 196 g/mol. The molecule has 5 heteroatoms. The molecule has 0 amide bonds. The first-order valence-corrected chi connectivity index (χ1v) is 5.39. The first kappa shape index (κ1) is 14.8. The Morgan fingerprint density at radius 3 is 2.27 bits per heavy atom. The van der Waals surface area contributed by atoms with Crippen LogP contribution < -0.4 is 5.32 Å². The van der Waals surface area contributed by atoms with Gasteiger partial charge in [0.15, 0.2) is 0 Å². The van der Waals surface area contributed by atoms with Gasteiger partial charge in [-0.15, -0.1) is 0 Å². The summed E-state index contributed by atoms with van der Waals surface area (Å²) in [6, 6.07) is 0. The molecule has 0 bridgehead atoms. The number of nitrogens with zero attached hydrogens (tertiary/aromatic N) is 1. The van der Waals surface area contributed by atoms with Crippen LogP contribution in [0, 0.1) is 0 Å². The minimum Gasteiger partial charge on any atom is -0.394 e. The molecule has 0 saturated heterocycles. The lowest BCUT2D eigenvalue weighted by molar-refractivity contribution is 0.0340. The summed E-state index contributed by atoms with van der Waals surface area (Å²) in [6.07, 6.45) is 0. The van der Waals surface area contributed by atoms with Crippen LogP contribution in [-0.2, 0) is 9.47 Å². The highest BCUT2D eigenvalue weighted by Crippen LogP contribution is 1.78. The molecule has 0 radical (unpaired) electrons. The van der Waals surface area contributed by atoms with Crippen molar-refractivity contribution in [1.82, 2.24) is 10.2 Å². The molecule has 0 aliphatic carbocycles. The van der Waals surface area contributed by atoms with Crippen molar-refractivity contribution in [3.8, 4) is 0 Å². The summed E-state index contributed by atoms with van der Waals surface area (Å²) in [5, 5.41) is 11.7. The predicted molar refractivity (Wildman–Crippen MR) is 60.1 cm³/mol. The SMILES string of the molecule is CN(C)CCNCCOCCOCCO. The first-order chi connectivity index (χ1) is 7.27. The zero-order chi connectivity index (χ0) is 11.4. The quantitative estimate of drug-likeness (QED) is 0.445. The van der Waals surface area contributed by atoms with E-state index in [4.69, 9.17) is 14.6 Å². The standard InChI is InChI=1S/C10H24N2O3/c1-12(2)5-3-11-4-7-14-9-10-15-8-6-13/h11,13H,3-10H2,1-2H3. The molecule has 0 aromatic rings. The van der Waals surface area contributed by atoms with Crippen molar-refractivity contribution in [2.24, 2.45) is 0 Å². The fraction of sp³-hybridized carbons (Fsp3) is 1.00. The van der Waals surface area contributed by atoms with E-state index in [1.807, 2.05) is 0 Å². The van der Waals surface area contributed by atoms with Gasteiger partial charge in [0.2, 0.25) is 0 Å². The maximum absolute atomic E-state index is 8.43. The Morgan fingerprint density at radius 2 is 1.67 bits per heavy atom. The van der Waals surface area contributed by atoms with E-state index in [1.54, 1.807) is 0 Å². The number of nitrogens with one attached hydrogen (secondary N) is 1. The van der Waals surface area contributed by atoms with Crippen LogP contribution in [0.25, 0.3) is 0 Å². The average molecular weight is 220 g/mol. The highest BCUT2D eigenvalue weighted by atomic mass is 16.5. The van der Waals surface area contributed by atoms with Gasteiger partial charge in [-0.2, -0.15) is 0 Å². The molecular formula is C10H24N2O3. The summed E-state index contributed by atoms with van der Waals surface area (Å²) < 4.78 is 10.3. The summed E-state index contributed by atoms with van der Waals surface area (Å²) in [4.78, 5) is 2.14. The molecule has 0 aliphatic rings. The molecule has 0 aromatic carbocycles. The smallest absolute Gasteiger partial charge is 0.0701 e. The van der Waals surface area contributed by atoms with Crippen LogP contribution in [-0.4, -0.2) is 76.8 Å². The van der Waals surface area contributed by atoms with E-state index < -0.39 is 0 Å². The van der Waals surface area contributed by atoms with E-state index in [0.717, 1.165) is 19.6 Å². The van der Waals surface area contributed by atoms with Crippen LogP contribution in [0.2, 0.25) is 0 Å². The van der Waals surface area contributed by atoms with Gasteiger partial charge >= 0.3 is 0 Å². The average Bonchev–Trinajstić information content (AvgIpc) is 2.20. The van der Waals surface area contributed by atoms with Crippen molar-refractivity contribution >= 4 is 0 Å².